The number of nitrogens with one attached hydrogen (secondary N) is 2. The van der Waals surface area contributed by atoms with Gasteiger partial charge in [0.05, 0.1) is 16.6 Å². The van der Waals surface area contributed by atoms with Crippen molar-refractivity contribution in [2.45, 2.75) is 13.8 Å². The molecule has 0 unspecified atom stereocenters. The lowest BCUT2D eigenvalue weighted by Crippen LogP contribution is -2.10. The van der Waals surface area contributed by atoms with Crippen LogP contribution in [0.2, 0.25) is 0 Å². The van der Waals surface area contributed by atoms with E-state index < -0.39 is 5.91 Å². The van der Waals surface area contributed by atoms with E-state index in [4.69, 9.17) is 5.73 Å². The summed E-state index contributed by atoms with van der Waals surface area (Å²) in [6, 6.07) is 7.71. The summed E-state index contributed by atoms with van der Waals surface area (Å²) in [4.78, 5) is 22.0. The second kappa shape index (κ2) is 3.98. The van der Waals surface area contributed by atoms with Gasteiger partial charge < -0.3 is 15.7 Å². The Kier molecular flexibility index (Phi) is 2.41. The van der Waals surface area contributed by atoms with Gasteiger partial charge in [-0.15, -0.1) is 0 Å². The largest absolute Gasteiger partial charge is 0.366 e. The van der Waals surface area contributed by atoms with Crippen LogP contribution >= 0.6 is 0 Å². The van der Waals surface area contributed by atoms with Crippen LogP contribution in [0.4, 0.5) is 0 Å². The van der Waals surface area contributed by atoms with Crippen LogP contribution in [0.5, 0.6) is 0 Å². The summed E-state index contributed by atoms with van der Waals surface area (Å²) >= 11 is 0. The second-order valence-electron chi connectivity index (χ2n) is 4.64. The predicted molar refractivity (Wildman–Crippen MR) is 73.9 cm³/mol. The summed E-state index contributed by atoms with van der Waals surface area (Å²) < 4.78 is 0. The molecule has 1 aromatic carbocycles. The van der Waals surface area contributed by atoms with E-state index in [2.05, 4.69) is 15.0 Å². The second-order valence-corrected chi connectivity index (χ2v) is 4.64. The van der Waals surface area contributed by atoms with E-state index in [1.165, 1.54) is 0 Å². The lowest BCUT2D eigenvalue weighted by atomic mass is 10.1. The fourth-order valence-corrected chi connectivity index (χ4v) is 2.27. The quantitative estimate of drug-likeness (QED) is 0.655. The molecule has 3 rings (SSSR count). The Morgan fingerprint density at radius 3 is 2.68 bits per heavy atom. The summed E-state index contributed by atoms with van der Waals surface area (Å²) in [6.07, 6.45) is 0. The Morgan fingerprint density at radius 2 is 2.00 bits per heavy atom. The summed E-state index contributed by atoms with van der Waals surface area (Å²) in [5.74, 6) is 0.464. The number of rotatable bonds is 2. The molecule has 5 heteroatoms. The van der Waals surface area contributed by atoms with Gasteiger partial charge in [0.1, 0.15) is 5.82 Å². The third-order valence-electron chi connectivity index (χ3n) is 3.19. The zero-order chi connectivity index (χ0) is 13.6. The minimum atomic E-state index is -0.418. The van der Waals surface area contributed by atoms with Crippen molar-refractivity contribution in [3.63, 3.8) is 0 Å². The number of amides is 1. The topological polar surface area (TPSA) is 87.6 Å². The van der Waals surface area contributed by atoms with Crippen molar-refractivity contribution in [2.75, 3.05) is 0 Å². The molecule has 2 heterocycles. The highest BCUT2D eigenvalue weighted by Crippen LogP contribution is 2.24. The standard InChI is InChI=1S/C14H14N4O/c1-7-10(14(15)19)6-12(16-7)9-3-4-11-13(5-9)18-8(2)17-11/h3-6,16H,1-2H3,(H2,15,19)(H,17,18). The minimum absolute atomic E-state index is 0.418. The van der Waals surface area contributed by atoms with Crippen molar-refractivity contribution < 1.29 is 4.79 Å². The number of imidazole rings is 1. The fourth-order valence-electron chi connectivity index (χ4n) is 2.27. The number of aromatic amines is 2. The van der Waals surface area contributed by atoms with Gasteiger partial charge in [0.2, 0.25) is 0 Å². The van der Waals surface area contributed by atoms with Gasteiger partial charge in [-0.05, 0) is 32.0 Å². The third-order valence-corrected chi connectivity index (χ3v) is 3.19. The van der Waals surface area contributed by atoms with Crippen molar-refractivity contribution in [3.05, 3.63) is 41.3 Å². The number of nitrogens with two attached hydrogens (primary N) is 1. The van der Waals surface area contributed by atoms with Crippen molar-refractivity contribution in [1.29, 1.82) is 0 Å². The number of carbonyl (C=O) groups is 1. The Hall–Kier alpha value is -2.56. The smallest absolute Gasteiger partial charge is 0.250 e. The van der Waals surface area contributed by atoms with Gasteiger partial charge in [0.25, 0.3) is 5.91 Å². The highest BCUT2D eigenvalue weighted by molar-refractivity contribution is 5.95. The Bertz CT molecular complexity index is 782. The summed E-state index contributed by atoms with van der Waals surface area (Å²) in [6.45, 7) is 3.76. The van der Waals surface area contributed by atoms with E-state index in [1.54, 1.807) is 6.07 Å². The highest BCUT2D eigenvalue weighted by Gasteiger charge is 2.11. The molecule has 19 heavy (non-hydrogen) atoms. The van der Waals surface area contributed by atoms with Gasteiger partial charge in [0.15, 0.2) is 0 Å². The van der Waals surface area contributed by atoms with Crippen molar-refractivity contribution in [3.8, 4) is 11.3 Å². The first-order valence-electron chi connectivity index (χ1n) is 6.01. The van der Waals surface area contributed by atoms with Gasteiger partial charge in [-0.1, -0.05) is 6.07 Å². The lowest BCUT2D eigenvalue weighted by Gasteiger charge is -1.97. The average molecular weight is 254 g/mol. The first kappa shape index (κ1) is 11.5. The first-order valence-corrected chi connectivity index (χ1v) is 6.01. The molecule has 0 bridgehead atoms. The molecule has 1 amide bonds. The molecule has 0 aliphatic carbocycles. The number of hydrogen-bond donors (Lipinski definition) is 3. The van der Waals surface area contributed by atoms with Crippen LogP contribution in [0.3, 0.4) is 0 Å². The van der Waals surface area contributed by atoms with Gasteiger partial charge >= 0.3 is 0 Å². The number of carbonyl (C=O) groups excluding carboxylic acids is 1. The molecule has 0 fully saturated rings. The van der Waals surface area contributed by atoms with Gasteiger partial charge in [-0.25, -0.2) is 4.98 Å². The number of hydrogen-bond acceptors (Lipinski definition) is 2. The lowest BCUT2D eigenvalue weighted by molar-refractivity contribution is 0.1000. The van der Waals surface area contributed by atoms with Crippen LogP contribution in [0.15, 0.2) is 24.3 Å². The number of fused-ring (bicyclic) bond motifs is 1. The molecule has 0 radical (unpaired) electrons. The molecule has 0 spiro atoms. The SMILES string of the molecule is Cc1nc2ccc(-c3cc(C(N)=O)c(C)[nH]3)cc2[nH]1. The van der Waals surface area contributed by atoms with E-state index in [0.29, 0.717) is 5.56 Å². The van der Waals surface area contributed by atoms with Gasteiger partial charge in [0, 0.05) is 17.0 Å². The molecule has 96 valence electrons. The summed E-state index contributed by atoms with van der Waals surface area (Å²) in [5, 5.41) is 0. The molecule has 0 aliphatic rings. The van der Waals surface area contributed by atoms with Crippen LogP contribution in [0.1, 0.15) is 21.9 Å². The molecule has 3 aromatic rings. The number of aromatic nitrogens is 3. The van der Waals surface area contributed by atoms with E-state index in [9.17, 15) is 4.79 Å². The molecule has 0 aliphatic heterocycles. The normalized spacial score (nSPS) is 11.1. The van der Waals surface area contributed by atoms with E-state index in [-0.39, 0.29) is 0 Å². The maximum absolute atomic E-state index is 11.3. The van der Waals surface area contributed by atoms with Crippen LogP contribution < -0.4 is 5.73 Å². The molecule has 0 saturated heterocycles. The van der Waals surface area contributed by atoms with Crippen LogP contribution in [0.25, 0.3) is 22.3 Å². The monoisotopic (exact) mass is 254 g/mol. The van der Waals surface area contributed by atoms with Gasteiger partial charge in [-0.3, -0.25) is 4.79 Å². The molecule has 2 aromatic heterocycles. The molecule has 5 nitrogen and oxygen atoms in total. The fraction of sp³-hybridized carbons (Fsp3) is 0.143. The molecule has 0 saturated carbocycles. The minimum Gasteiger partial charge on any atom is -0.366 e. The van der Waals surface area contributed by atoms with Crippen molar-refractivity contribution >= 4 is 16.9 Å². The number of nitrogens with zero attached hydrogens (tertiary/aromatic N) is 1. The van der Waals surface area contributed by atoms with E-state index >= 15 is 0 Å². The van der Waals surface area contributed by atoms with Crippen LogP contribution in [-0.4, -0.2) is 20.9 Å². The van der Waals surface area contributed by atoms with E-state index in [0.717, 1.165) is 33.8 Å². The maximum atomic E-state index is 11.3. The van der Waals surface area contributed by atoms with Gasteiger partial charge in [-0.2, -0.15) is 0 Å². The molecule has 4 N–H and O–H groups in total. The number of benzene rings is 1. The van der Waals surface area contributed by atoms with Crippen molar-refractivity contribution in [2.24, 2.45) is 5.73 Å². The number of primary amides is 1. The highest BCUT2D eigenvalue weighted by atomic mass is 16.1. The van der Waals surface area contributed by atoms with Crippen LogP contribution in [0, 0.1) is 13.8 Å². The average Bonchev–Trinajstić information content (AvgIpc) is 2.89. The number of aryl methyl sites for hydroxylation is 2. The Balaban J connectivity index is 2.13. The zero-order valence-electron chi connectivity index (χ0n) is 10.7. The predicted octanol–water partition coefficient (Wildman–Crippen LogP) is 2.27. The van der Waals surface area contributed by atoms with Crippen LogP contribution in [-0.2, 0) is 0 Å². The molecular weight excluding hydrogens is 240 g/mol. The molecular formula is C14H14N4O. The maximum Gasteiger partial charge on any atom is 0.250 e. The van der Waals surface area contributed by atoms with Crippen molar-refractivity contribution in [1.82, 2.24) is 15.0 Å². The van der Waals surface area contributed by atoms with E-state index in [1.807, 2.05) is 32.0 Å². The molecule has 0 atom stereocenters. The third kappa shape index (κ3) is 1.89. The zero-order valence-corrected chi connectivity index (χ0v) is 10.7. The Labute approximate surface area is 109 Å². The summed E-state index contributed by atoms with van der Waals surface area (Å²) in [5.41, 5.74) is 10.4. The summed E-state index contributed by atoms with van der Waals surface area (Å²) in [7, 11) is 0. The number of H-pyrrole nitrogens is 2. The first-order chi connectivity index (χ1) is 9.04. The Morgan fingerprint density at radius 1 is 1.21 bits per heavy atom.